The summed E-state index contributed by atoms with van der Waals surface area (Å²) in [6, 6.07) is 67.6. The number of pyridine rings is 1. The van der Waals surface area contributed by atoms with Crippen LogP contribution in [0.3, 0.4) is 0 Å². The maximum absolute atomic E-state index is 5.35. The van der Waals surface area contributed by atoms with Crippen LogP contribution in [0.4, 0.5) is 0 Å². The van der Waals surface area contributed by atoms with E-state index in [1.54, 1.807) is 0 Å². The van der Waals surface area contributed by atoms with Gasteiger partial charge in [-0.3, -0.25) is 0 Å². The Kier molecular flexibility index (Phi) is 7.77. The summed E-state index contributed by atoms with van der Waals surface area (Å²) in [5, 5.41) is 5.87. The first-order chi connectivity index (χ1) is 26.7. The molecule has 0 aliphatic carbocycles. The van der Waals surface area contributed by atoms with Crippen LogP contribution < -0.4 is 0 Å². The van der Waals surface area contributed by atoms with E-state index in [2.05, 4.69) is 127 Å². The fourth-order valence-corrected chi connectivity index (χ4v) is 7.41. The van der Waals surface area contributed by atoms with E-state index in [1.807, 2.05) is 66.7 Å². The number of rotatable bonds is 6. The third-order valence-electron chi connectivity index (χ3n) is 10.1. The number of benzene rings is 8. The molecule has 0 aliphatic rings. The monoisotopic (exact) mass is 688 g/mol. The van der Waals surface area contributed by atoms with Gasteiger partial charge in [-0.1, -0.05) is 176 Å². The molecule has 0 bridgehead atoms. The molecule has 0 saturated carbocycles. The summed E-state index contributed by atoms with van der Waals surface area (Å²) in [6.07, 6.45) is 0. The number of fused-ring (bicyclic) bond motifs is 4. The van der Waals surface area contributed by atoms with Crippen molar-refractivity contribution in [3.63, 3.8) is 0 Å². The SMILES string of the molecule is c1ccc(-c2ccc(-c3cc(-c4nc(-c5ccccc5)nc(-c5ccccc5)n4)c4ccc(-c5cc6ccccc6c6ccccc56)cc4n3)cc2)cc1. The van der Waals surface area contributed by atoms with Crippen LogP contribution in [-0.2, 0) is 0 Å². The molecule has 4 heteroatoms. The topological polar surface area (TPSA) is 51.6 Å². The molecule has 0 fully saturated rings. The van der Waals surface area contributed by atoms with Gasteiger partial charge >= 0.3 is 0 Å². The minimum absolute atomic E-state index is 0.598. The lowest BCUT2D eigenvalue weighted by atomic mass is 9.92. The maximum Gasteiger partial charge on any atom is 0.164 e. The van der Waals surface area contributed by atoms with Crippen LogP contribution in [0, 0.1) is 0 Å². The van der Waals surface area contributed by atoms with Crippen LogP contribution in [0.25, 0.3) is 100 Å². The molecule has 54 heavy (non-hydrogen) atoms. The molecule has 0 atom stereocenters. The summed E-state index contributed by atoms with van der Waals surface area (Å²) >= 11 is 0. The Morgan fingerprint density at radius 3 is 1.43 bits per heavy atom. The molecule has 0 unspecified atom stereocenters. The van der Waals surface area contributed by atoms with Gasteiger partial charge in [-0.15, -0.1) is 0 Å². The van der Waals surface area contributed by atoms with E-state index in [-0.39, 0.29) is 0 Å². The Balaban J connectivity index is 1.21. The Morgan fingerprint density at radius 1 is 0.259 bits per heavy atom. The molecule has 8 aromatic carbocycles. The van der Waals surface area contributed by atoms with Crippen molar-refractivity contribution in [1.29, 1.82) is 0 Å². The molecule has 2 aromatic heterocycles. The normalized spacial score (nSPS) is 11.3. The quantitative estimate of drug-likeness (QED) is 0.163. The van der Waals surface area contributed by atoms with Crippen molar-refractivity contribution in [2.24, 2.45) is 0 Å². The molecule has 2 heterocycles. The minimum atomic E-state index is 0.598. The summed E-state index contributed by atoms with van der Waals surface area (Å²) < 4.78 is 0. The van der Waals surface area contributed by atoms with Crippen molar-refractivity contribution in [1.82, 2.24) is 19.9 Å². The summed E-state index contributed by atoms with van der Waals surface area (Å²) in [7, 11) is 0. The molecule has 10 aromatic rings. The molecular weight excluding hydrogens is 657 g/mol. The Labute approximate surface area is 313 Å². The third kappa shape index (κ3) is 5.76. The number of nitrogens with zero attached hydrogens (tertiary/aromatic N) is 4. The zero-order valence-corrected chi connectivity index (χ0v) is 29.3. The van der Waals surface area contributed by atoms with Crippen LogP contribution in [0.1, 0.15) is 0 Å². The minimum Gasteiger partial charge on any atom is -0.248 e. The zero-order valence-electron chi connectivity index (χ0n) is 29.3. The molecule has 0 aliphatic heterocycles. The van der Waals surface area contributed by atoms with Gasteiger partial charge in [0.2, 0.25) is 0 Å². The van der Waals surface area contributed by atoms with Gasteiger partial charge in [0.05, 0.1) is 11.2 Å². The summed E-state index contributed by atoms with van der Waals surface area (Å²) in [5.74, 6) is 1.84. The second-order valence-electron chi connectivity index (χ2n) is 13.5. The number of aromatic nitrogens is 4. The second-order valence-corrected chi connectivity index (χ2v) is 13.5. The smallest absolute Gasteiger partial charge is 0.164 e. The summed E-state index contributed by atoms with van der Waals surface area (Å²) in [4.78, 5) is 20.6. The molecule has 0 radical (unpaired) electrons. The highest BCUT2D eigenvalue weighted by Crippen LogP contribution is 2.39. The van der Waals surface area contributed by atoms with Gasteiger partial charge in [-0.25, -0.2) is 19.9 Å². The first kappa shape index (κ1) is 31.4. The van der Waals surface area contributed by atoms with E-state index >= 15 is 0 Å². The molecular formula is C50H32N4. The lowest BCUT2D eigenvalue weighted by molar-refractivity contribution is 1.08. The van der Waals surface area contributed by atoms with Crippen LogP contribution in [0.15, 0.2) is 194 Å². The molecule has 0 spiro atoms. The van der Waals surface area contributed by atoms with Crippen molar-refractivity contribution in [2.45, 2.75) is 0 Å². The lowest BCUT2D eigenvalue weighted by Crippen LogP contribution is -2.01. The number of hydrogen-bond donors (Lipinski definition) is 0. The van der Waals surface area contributed by atoms with Gasteiger partial charge in [0.25, 0.3) is 0 Å². The van der Waals surface area contributed by atoms with E-state index in [4.69, 9.17) is 19.9 Å². The van der Waals surface area contributed by atoms with Crippen LogP contribution in [0.2, 0.25) is 0 Å². The average molecular weight is 689 g/mol. The molecule has 0 amide bonds. The van der Waals surface area contributed by atoms with Crippen molar-refractivity contribution < 1.29 is 0 Å². The molecule has 4 nitrogen and oxygen atoms in total. The average Bonchev–Trinajstić information content (AvgIpc) is 3.26. The van der Waals surface area contributed by atoms with Gasteiger partial charge in [-0.05, 0) is 62.0 Å². The lowest BCUT2D eigenvalue weighted by Gasteiger charge is -2.15. The Hall–Kier alpha value is -7.30. The Morgan fingerprint density at radius 2 is 0.759 bits per heavy atom. The van der Waals surface area contributed by atoms with Gasteiger partial charge in [0.1, 0.15) is 0 Å². The van der Waals surface area contributed by atoms with E-state index in [1.165, 1.54) is 32.7 Å². The largest absolute Gasteiger partial charge is 0.248 e. The Bertz CT molecular complexity index is 2900. The van der Waals surface area contributed by atoms with E-state index in [0.29, 0.717) is 17.5 Å². The van der Waals surface area contributed by atoms with E-state index < -0.39 is 0 Å². The van der Waals surface area contributed by atoms with Crippen molar-refractivity contribution in [3.05, 3.63) is 194 Å². The van der Waals surface area contributed by atoms with Gasteiger partial charge in [0.15, 0.2) is 17.5 Å². The van der Waals surface area contributed by atoms with Crippen molar-refractivity contribution >= 4 is 32.4 Å². The molecule has 0 saturated heterocycles. The second kappa shape index (κ2) is 13.4. The zero-order chi connectivity index (χ0) is 35.8. The van der Waals surface area contributed by atoms with Crippen molar-refractivity contribution in [2.75, 3.05) is 0 Å². The molecule has 0 N–H and O–H groups in total. The predicted octanol–water partition coefficient (Wildman–Crippen LogP) is 12.7. The summed E-state index contributed by atoms with van der Waals surface area (Å²) in [5.41, 5.74) is 10.1. The highest BCUT2D eigenvalue weighted by Gasteiger charge is 2.18. The highest BCUT2D eigenvalue weighted by molar-refractivity contribution is 6.14. The third-order valence-corrected chi connectivity index (χ3v) is 10.1. The molecule has 252 valence electrons. The van der Waals surface area contributed by atoms with Crippen LogP contribution >= 0.6 is 0 Å². The standard InChI is InChI=1S/C50H32N4/c1-4-14-33(15-5-1)34-24-26-35(27-25-34)46-32-45(50-53-48(36-16-6-2-7-17-36)52-49(54-50)37-18-8-3-9-19-37)43-29-28-39(31-47(43)51-46)44-30-38-20-10-11-21-40(38)41-22-12-13-23-42(41)44/h1-32H. The highest BCUT2D eigenvalue weighted by atomic mass is 15.0. The maximum atomic E-state index is 5.35. The first-order valence-electron chi connectivity index (χ1n) is 18.1. The summed E-state index contributed by atoms with van der Waals surface area (Å²) in [6.45, 7) is 0. The van der Waals surface area contributed by atoms with Gasteiger partial charge in [-0.2, -0.15) is 0 Å². The van der Waals surface area contributed by atoms with Crippen LogP contribution in [-0.4, -0.2) is 19.9 Å². The number of hydrogen-bond acceptors (Lipinski definition) is 4. The first-order valence-corrected chi connectivity index (χ1v) is 18.1. The van der Waals surface area contributed by atoms with Gasteiger partial charge in [0, 0.05) is 27.6 Å². The fourth-order valence-electron chi connectivity index (χ4n) is 7.41. The molecule has 10 rings (SSSR count). The van der Waals surface area contributed by atoms with Crippen molar-refractivity contribution in [3.8, 4) is 67.7 Å². The predicted molar refractivity (Wildman–Crippen MR) is 223 cm³/mol. The van der Waals surface area contributed by atoms with E-state index in [9.17, 15) is 0 Å². The van der Waals surface area contributed by atoms with Gasteiger partial charge < -0.3 is 0 Å². The fraction of sp³-hybridized carbons (Fsp3) is 0. The van der Waals surface area contributed by atoms with Crippen LogP contribution in [0.5, 0.6) is 0 Å². The van der Waals surface area contributed by atoms with E-state index in [0.717, 1.165) is 50.0 Å².